The third kappa shape index (κ3) is 1.57. The van der Waals surface area contributed by atoms with Crippen molar-refractivity contribution in [3.05, 3.63) is 41.9 Å². The van der Waals surface area contributed by atoms with E-state index >= 15 is 0 Å². The number of nitriles is 1. The molecule has 0 amide bonds. The van der Waals surface area contributed by atoms with E-state index < -0.39 is 11.6 Å². The lowest BCUT2D eigenvalue weighted by molar-refractivity contribution is 0.585. The second-order valence-electron chi connectivity index (χ2n) is 2.86. The van der Waals surface area contributed by atoms with Gasteiger partial charge in [0, 0.05) is 11.6 Å². The summed E-state index contributed by atoms with van der Waals surface area (Å²) in [7, 11) is 0. The highest BCUT2D eigenvalue weighted by atomic mass is 19.1. The number of benzene rings is 1. The smallest absolute Gasteiger partial charge is 0.166 e. The highest BCUT2D eigenvalue weighted by Crippen LogP contribution is 2.23. The van der Waals surface area contributed by atoms with E-state index in [-0.39, 0.29) is 17.0 Å². The van der Waals surface area contributed by atoms with Crippen LogP contribution in [0.4, 0.5) is 8.78 Å². The lowest BCUT2D eigenvalue weighted by Crippen LogP contribution is -1.88. The molecule has 0 aliphatic heterocycles. The molecule has 15 heavy (non-hydrogen) atoms. The molecule has 0 aliphatic carbocycles. The maximum atomic E-state index is 13.3. The molecule has 5 heteroatoms. The molecule has 1 N–H and O–H groups in total. The lowest BCUT2D eigenvalue weighted by Gasteiger charge is -2.00. The first kappa shape index (κ1) is 9.34. The van der Waals surface area contributed by atoms with Gasteiger partial charge < -0.3 is 4.98 Å². The van der Waals surface area contributed by atoms with Gasteiger partial charge in [-0.15, -0.1) is 0 Å². The van der Waals surface area contributed by atoms with E-state index in [9.17, 15) is 8.78 Å². The van der Waals surface area contributed by atoms with Gasteiger partial charge in [-0.05, 0) is 12.1 Å². The summed E-state index contributed by atoms with van der Waals surface area (Å²) in [5, 5.41) is 8.69. The second kappa shape index (κ2) is 3.50. The predicted octanol–water partition coefficient (Wildman–Crippen LogP) is 2.23. The summed E-state index contributed by atoms with van der Waals surface area (Å²) in [6.07, 6.45) is 1.29. The van der Waals surface area contributed by atoms with E-state index in [1.807, 2.05) is 6.07 Å². The van der Waals surface area contributed by atoms with Crippen LogP contribution in [0.1, 0.15) is 5.69 Å². The quantitative estimate of drug-likeness (QED) is 0.776. The standard InChI is InChI=1S/C10H5F2N3/c11-6-1-2-7(8(12)3-6)10-9(4-13)14-5-15-10/h1-3,5H,(H,14,15). The number of nitrogens with one attached hydrogen (secondary N) is 1. The number of halogens is 2. The largest absolute Gasteiger partial charge is 0.343 e. The minimum Gasteiger partial charge on any atom is -0.343 e. The minimum atomic E-state index is -0.726. The zero-order chi connectivity index (χ0) is 10.8. The topological polar surface area (TPSA) is 52.5 Å². The van der Waals surface area contributed by atoms with E-state index in [1.165, 1.54) is 12.4 Å². The van der Waals surface area contributed by atoms with Crippen molar-refractivity contribution in [3.63, 3.8) is 0 Å². The Kier molecular flexibility index (Phi) is 2.18. The van der Waals surface area contributed by atoms with Crippen LogP contribution in [-0.2, 0) is 0 Å². The first-order chi connectivity index (χ1) is 7.22. The Hall–Kier alpha value is -2.22. The fourth-order valence-corrected chi connectivity index (χ4v) is 1.28. The predicted molar refractivity (Wildman–Crippen MR) is 48.7 cm³/mol. The van der Waals surface area contributed by atoms with Crippen LogP contribution in [0.3, 0.4) is 0 Å². The Morgan fingerprint density at radius 1 is 1.33 bits per heavy atom. The Labute approximate surface area is 84.0 Å². The van der Waals surface area contributed by atoms with Crippen LogP contribution in [0.2, 0.25) is 0 Å². The Balaban J connectivity index is 2.60. The summed E-state index contributed by atoms with van der Waals surface area (Å²) >= 11 is 0. The molecule has 0 spiro atoms. The fraction of sp³-hybridized carbons (Fsp3) is 0. The van der Waals surface area contributed by atoms with E-state index in [1.54, 1.807) is 0 Å². The van der Waals surface area contributed by atoms with Crippen molar-refractivity contribution < 1.29 is 8.78 Å². The number of aromatic amines is 1. The molecule has 0 saturated carbocycles. The number of H-pyrrole nitrogens is 1. The van der Waals surface area contributed by atoms with Crippen molar-refractivity contribution in [2.75, 3.05) is 0 Å². The van der Waals surface area contributed by atoms with Crippen LogP contribution in [0.15, 0.2) is 24.5 Å². The highest BCUT2D eigenvalue weighted by Gasteiger charge is 2.12. The van der Waals surface area contributed by atoms with Crippen LogP contribution in [-0.4, -0.2) is 9.97 Å². The third-order valence-corrected chi connectivity index (χ3v) is 1.95. The molecule has 0 fully saturated rings. The number of hydrogen-bond acceptors (Lipinski definition) is 2. The Bertz CT molecular complexity index is 540. The average molecular weight is 205 g/mol. The van der Waals surface area contributed by atoms with Gasteiger partial charge in [-0.3, -0.25) is 0 Å². The number of aromatic nitrogens is 2. The number of rotatable bonds is 1. The molecule has 0 saturated heterocycles. The SMILES string of the molecule is N#Cc1nc[nH]c1-c1ccc(F)cc1F. The lowest BCUT2D eigenvalue weighted by atomic mass is 10.1. The average Bonchev–Trinajstić information content (AvgIpc) is 2.65. The summed E-state index contributed by atoms with van der Waals surface area (Å²) in [5.41, 5.74) is 0.473. The van der Waals surface area contributed by atoms with Gasteiger partial charge in [-0.25, -0.2) is 13.8 Å². The molecule has 0 radical (unpaired) electrons. The molecule has 2 rings (SSSR count). The molecule has 1 heterocycles. The van der Waals surface area contributed by atoms with Gasteiger partial charge >= 0.3 is 0 Å². The molecular weight excluding hydrogens is 200 g/mol. The molecule has 0 aliphatic rings. The van der Waals surface area contributed by atoms with Crippen LogP contribution in [0.5, 0.6) is 0 Å². The Morgan fingerprint density at radius 3 is 2.80 bits per heavy atom. The fourth-order valence-electron chi connectivity index (χ4n) is 1.28. The van der Waals surface area contributed by atoms with Gasteiger partial charge in [0.2, 0.25) is 0 Å². The van der Waals surface area contributed by atoms with Crippen molar-refractivity contribution in [2.24, 2.45) is 0 Å². The molecule has 1 aromatic carbocycles. The molecule has 0 bridgehead atoms. The maximum Gasteiger partial charge on any atom is 0.166 e. The van der Waals surface area contributed by atoms with Crippen molar-refractivity contribution in [1.29, 1.82) is 5.26 Å². The van der Waals surface area contributed by atoms with Crippen LogP contribution in [0.25, 0.3) is 11.3 Å². The molecule has 2 aromatic rings. The summed E-state index contributed by atoms with van der Waals surface area (Å²) in [6, 6.07) is 4.96. The van der Waals surface area contributed by atoms with Gasteiger partial charge in [0.05, 0.1) is 12.0 Å². The van der Waals surface area contributed by atoms with Gasteiger partial charge in [-0.1, -0.05) is 0 Å². The third-order valence-electron chi connectivity index (χ3n) is 1.95. The van der Waals surface area contributed by atoms with Crippen molar-refractivity contribution in [3.8, 4) is 17.3 Å². The van der Waals surface area contributed by atoms with E-state index in [2.05, 4.69) is 9.97 Å². The van der Waals surface area contributed by atoms with Crippen LogP contribution < -0.4 is 0 Å². The van der Waals surface area contributed by atoms with Crippen molar-refractivity contribution >= 4 is 0 Å². The first-order valence-corrected chi connectivity index (χ1v) is 4.11. The van der Waals surface area contributed by atoms with Crippen molar-refractivity contribution in [1.82, 2.24) is 9.97 Å². The molecule has 1 aromatic heterocycles. The van der Waals surface area contributed by atoms with Crippen LogP contribution >= 0.6 is 0 Å². The Morgan fingerprint density at radius 2 is 2.13 bits per heavy atom. The van der Waals surface area contributed by atoms with E-state index in [0.29, 0.717) is 0 Å². The summed E-state index contributed by atoms with van der Waals surface area (Å²) < 4.78 is 26.0. The molecule has 74 valence electrons. The number of nitrogens with zero attached hydrogens (tertiary/aromatic N) is 2. The first-order valence-electron chi connectivity index (χ1n) is 4.11. The zero-order valence-corrected chi connectivity index (χ0v) is 7.46. The molecule has 0 atom stereocenters. The van der Waals surface area contributed by atoms with E-state index in [0.717, 1.165) is 12.1 Å². The number of hydrogen-bond donors (Lipinski definition) is 1. The maximum absolute atomic E-state index is 13.3. The van der Waals surface area contributed by atoms with Gasteiger partial charge in [0.15, 0.2) is 5.69 Å². The second-order valence-corrected chi connectivity index (χ2v) is 2.86. The zero-order valence-electron chi connectivity index (χ0n) is 7.46. The van der Waals surface area contributed by atoms with Gasteiger partial charge in [0.25, 0.3) is 0 Å². The summed E-state index contributed by atoms with van der Waals surface area (Å²) in [4.78, 5) is 6.33. The van der Waals surface area contributed by atoms with E-state index in [4.69, 9.17) is 5.26 Å². The monoisotopic (exact) mass is 205 g/mol. The molecule has 3 nitrogen and oxygen atoms in total. The van der Waals surface area contributed by atoms with Crippen LogP contribution in [0, 0.1) is 23.0 Å². The van der Waals surface area contributed by atoms with Gasteiger partial charge in [-0.2, -0.15) is 5.26 Å². The normalized spacial score (nSPS) is 9.93. The summed E-state index contributed by atoms with van der Waals surface area (Å²) in [5.74, 6) is -1.38. The summed E-state index contributed by atoms with van der Waals surface area (Å²) in [6.45, 7) is 0. The minimum absolute atomic E-state index is 0.0838. The molecular formula is C10H5F2N3. The van der Waals surface area contributed by atoms with Gasteiger partial charge in [0.1, 0.15) is 17.7 Å². The highest BCUT2D eigenvalue weighted by molar-refractivity contribution is 5.65. The number of imidazole rings is 1. The van der Waals surface area contributed by atoms with Crippen molar-refractivity contribution in [2.45, 2.75) is 0 Å². The molecule has 0 unspecified atom stereocenters.